The molecular formula is C24H28F3NO7S. The molecule has 0 saturated heterocycles. The third-order valence-corrected chi connectivity index (χ3v) is 5.71. The van der Waals surface area contributed by atoms with Crippen molar-refractivity contribution in [1.82, 2.24) is 5.32 Å². The molecule has 0 bridgehead atoms. The minimum absolute atomic E-state index is 0.0240. The second-order valence-electron chi connectivity index (χ2n) is 7.85. The molecule has 1 heterocycles. The van der Waals surface area contributed by atoms with Gasteiger partial charge in [-0.2, -0.15) is 13.2 Å². The van der Waals surface area contributed by atoms with Crippen molar-refractivity contribution in [2.75, 3.05) is 25.4 Å². The van der Waals surface area contributed by atoms with Crippen LogP contribution in [0.4, 0.5) is 18.0 Å². The van der Waals surface area contributed by atoms with Crippen LogP contribution in [0.3, 0.4) is 0 Å². The van der Waals surface area contributed by atoms with E-state index in [9.17, 15) is 27.6 Å². The standard InChI is InChI=1S/C24H28F3NO7S/c1-6-33-23(31)34-12-36-11-17-20(22(30)35-13(2)3)19(18(14(4)28-17)21(29)32-5)15-8-7-9-16(10-15)24(25,26)27/h7-10,13,19,28H,6,11-12H2,1-5H3. The van der Waals surface area contributed by atoms with E-state index in [0.717, 1.165) is 31.0 Å². The normalized spacial score (nSPS) is 16.0. The maximum Gasteiger partial charge on any atom is 0.509 e. The van der Waals surface area contributed by atoms with E-state index >= 15 is 0 Å². The van der Waals surface area contributed by atoms with Gasteiger partial charge in [-0.1, -0.05) is 18.2 Å². The van der Waals surface area contributed by atoms with Gasteiger partial charge in [0.25, 0.3) is 0 Å². The van der Waals surface area contributed by atoms with Gasteiger partial charge in [-0.15, -0.1) is 11.8 Å². The zero-order valence-electron chi connectivity index (χ0n) is 20.5. The van der Waals surface area contributed by atoms with Gasteiger partial charge in [0.15, 0.2) is 0 Å². The van der Waals surface area contributed by atoms with Crippen molar-refractivity contribution in [1.29, 1.82) is 0 Å². The molecule has 36 heavy (non-hydrogen) atoms. The van der Waals surface area contributed by atoms with Gasteiger partial charge in [-0.05, 0) is 39.3 Å². The summed E-state index contributed by atoms with van der Waals surface area (Å²) in [5.74, 6) is -2.85. The van der Waals surface area contributed by atoms with Gasteiger partial charge in [-0.3, -0.25) is 0 Å². The first-order valence-electron chi connectivity index (χ1n) is 10.9. The Kier molecular flexibility index (Phi) is 10.3. The number of nitrogens with one attached hydrogen (secondary N) is 1. The van der Waals surface area contributed by atoms with Gasteiger partial charge in [-0.25, -0.2) is 14.4 Å². The Labute approximate surface area is 211 Å². The van der Waals surface area contributed by atoms with Crippen LogP contribution >= 0.6 is 11.8 Å². The van der Waals surface area contributed by atoms with Gasteiger partial charge >= 0.3 is 24.3 Å². The number of esters is 2. The number of benzene rings is 1. The Morgan fingerprint density at radius 1 is 1.11 bits per heavy atom. The van der Waals surface area contributed by atoms with Crippen molar-refractivity contribution in [3.05, 3.63) is 57.9 Å². The highest BCUT2D eigenvalue weighted by atomic mass is 32.2. The summed E-state index contributed by atoms with van der Waals surface area (Å²) in [5, 5.41) is 2.99. The number of hydrogen-bond donors (Lipinski definition) is 1. The fourth-order valence-electron chi connectivity index (χ4n) is 3.53. The molecule has 1 aromatic carbocycles. The van der Waals surface area contributed by atoms with Gasteiger partial charge < -0.3 is 24.3 Å². The molecule has 1 N–H and O–H groups in total. The monoisotopic (exact) mass is 531 g/mol. The predicted molar refractivity (Wildman–Crippen MR) is 126 cm³/mol. The molecule has 0 spiro atoms. The molecule has 1 aromatic rings. The van der Waals surface area contributed by atoms with Crippen LogP contribution in [0.1, 0.15) is 44.7 Å². The summed E-state index contributed by atoms with van der Waals surface area (Å²) in [6.45, 7) is 6.56. The number of dihydropyridines is 1. The largest absolute Gasteiger partial charge is 0.509 e. The van der Waals surface area contributed by atoms with E-state index in [1.807, 2.05) is 0 Å². The predicted octanol–water partition coefficient (Wildman–Crippen LogP) is 4.91. The number of carbonyl (C=O) groups is 3. The fraction of sp³-hybridized carbons (Fsp3) is 0.458. The molecule has 198 valence electrons. The molecule has 0 aromatic heterocycles. The zero-order valence-corrected chi connectivity index (χ0v) is 21.3. The molecule has 1 aliphatic rings. The highest BCUT2D eigenvalue weighted by molar-refractivity contribution is 7.99. The average Bonchev–Trinajstić information content (AvgIpc) is 2.80. The summed E-state index contributed by atoms with van der Waals surface area (Å²) in [7, 11) is 1.14. The number of ether oxygens (including phenoxy) is 4. The Balaban J connectivity index is 2.60. The van der Waals surface area contributed by atoms with Crippen molar-refractivity contribution in [3.8, 4) is 0 Å². The topological polar surface area (TPSA) is 100 Å². The van der Waals surface area contributed by atoms with Crippen molar-refractivity contribution < 1.29 is 46.5 Å². The summed E-state index contributed by atoms with van der Waals surface area (Å²) in [6, 6.07) is 4.40. The van der Waals surface area contributed by atoms with E-state index < -0.39 is 41.9 Å². The van der Waals surface area contributed by atoms with Crippen LogP contribution in [-0.4, -0.2) is 49.6 Å². The number of allylic oxidation sites excluding steroid dienone is 1. The van der Waals surface area contributed by atoms with Crippen molar-refractivity contribution >= 4 is 29.9 Å². The van der Waals surface area contributed by atoms with E-state index in [1.165, 1.54) is 12.1 Å². The van der Waals surface area contributed by atoms with Gasteiger partial charge in [0.2, 0.25) is 0 Å². The van der Waals surface area contributed by atoms with E-state index in [2.05, 4.69) is 5.32 Å². The Hall–Kier alpha value is -3.15. The molecule has 0 aliphatic carbocycles. The van der Waals surface area contributed by atoms with Crippen molar-refractivity contribution in [2.24, 2.45) is 0 Å². The maximum absolute atomic E-state index is 13.5. The Morgan fingerprint density at radius 3 is 2.39 bits per heavy atom. The smallest absolute Gasteiger partial charge is 0.466 e. The number of alkyl halides is 3. The molecule has 1 unspecified atom stereocenters. The number of methoxy groups -OCH3 is 1. The minimum Gasteiger partial charge on any atom is -0.466 e. The lowest BCUT2D eigenvalue weighted by Crippen LogP contribution is -2.34. The minimum atomic E-state index is -4.64. The lowest BCUT2D eigenvalue weighted by atomic mass is 9.80. The maximum atomic E-state index is 13.5. The molecule has 1 aliphatic heterocycles. The Morgan fingerprint density at radius 2 is 1.81 bits per heavy atom. The molecule has 0 amide bonds. The van der Waals surface area contributed by atoms with Gasteiger partial charge in [0.05, 0.1) is 42.4 Å². The molecule has 8 nitrogen and oxygen atoms in total. The van der Waals surface area contributed by atoms with Crippen LogP contribution in [0.5, 0.6) is 0 Å². The highest BCUT2D eigenvalue weighted by Crippen LogP contribution is 2.41. The second kappa shape index (κ2) is 12.7. The van der Waals surface area contributed by atoms with Crippen LogP contribution < -0.4 is 5.32 Å². The first kappa shape index (κ1) is 29.1. The summed E-state index contributed by atoms with van der Waals surface area (Å²) in [5.41, 5.74) is -0.345. The van der Waals surface area contributed by atoms with E-state index in [0.29, 0.717) is 11.4 Å². The quantitative estimate of drug-likeness (QED) is 0.206. The molecule has 0 radical (unpaired) electrons. The third kappa shape index (κ3) is 7.42. The second-order valence-corrected chi connectivity index (χ2v) is 8.78. The first-order chi connectivity index (χ1) is 16.9. The summed E-state index contributed by atoms with van der Waals surface area (Å²) in [6.07, 6.45) is -6.04. The summed E-state index contributed by atoms with van der Waals surface area (Å²) < 4.78 is 60.4. The first-order valence-corrected chi connectivity index (χ1v) is 12.1. The zero-order chi connectivity index (χ0) is 27.0. The van der Waals surface area contributed by atoms with Crippen LogP contribution in [-0.2, 0) is 34.7 Å². The van der Waals surface area contributed by atoms with Crippen molar-refractivity contribution in [3.63, 3.8) is 0 Å². The van der Waals surface area contributed by atoms with E-state index in [1.54, 1.807) is 27.7 Å². The number of hydrogen-bond acceptors (Lipinski definition) is 9. The number of carbonyl (C=O) groups excluding carboxylic acids is 3. The molecule has 12 heteroatoms. The van der Waals surface area contributed by atoms with Crippen LogP contribution in [0.2, 0.25) is 0 Å². The Bertz CT molecular complexity index is 1050. The van der Waals surface area contributed by atoms with Crippen LogP contribution in [0.15, 0.2) is 46.8 Å². The number of halogens is 3. The molecule has 0 fully saturated rings. The number of rotatable bonds is 9. The number of thioether (sulfide) groups is 1. The van der Waals surface area contributed by atoms with Crippen molar-refractivity contribution in [2.45, 2.75) is 45.9 Å². The highest BCUT2D eigenvalue weighted by Gasteiger charge is 2.40. The molecule has 2 rings (SSSR count). The van der Waals surface area contributed by atoms with Crippen LogP contribution in [0.25, 0.3) is 0 Å². The molecular weight excluding hydrogens is 503 g/mol. The summed E-state index contributed by atoms with van der Waals surface area (Å²) >= 11 is 1.11. The SMILES string of the molecule is CCOC(=O)OCSCC1=C(C(=O)OC(C)C)C(c2cccc(C(F)(F)F)c2)C(C(=O)OC)=C(C)N1. The third-order valence-electron chi connectivity index (χ3n) is 4.93. The lowest BCUT2D eigenvalue weighted by Gasteiger charge is -2.32. The van der Waals surface area contributed by atoms with Crippen LogP contribution in [0, 0.1) is 0 Å². The van der Waals surface area contributed by atoms with E-state index in [4.69, 9.17) is 18.9 Å². The molecule has 1 atom stereocenters. The molecule has 0 saturated carbocycles. The lowest BCUT2D eigenvalue weighted by molar-refractivity contribution is -0.143. The average molecular weight is 532 g/mol. The van der Waals surface area contributed by atoms with Gasteiger partial charge in [0.1, 0.15) is 5.94 Å². The van der Waals surface area contributed by atoms with Gasteiger partial charge in [0, 0.05) is 17.1 Å². The van der Waals surface area contributed by atoms with E-state index in [-0.39, 0.29) is 35.0 Å². The fourth-order valence-corrected chi connectivity index (χ4v) is 4.23. The summed E-state index contributed by atoms with van der Waals surface area (Å²) in [4.78, 5) is 37.4.